The zero-order chi connectivity index (χ0) is 21.9. The lowest BCUT2D eigenvalue weighted by Crippen LogP contribution is -2.33. The van der Waals surface area contributed by atoms with E-state index < -0.39 is 0 Å². The summed E-state index contributed by atoms with van der Waals surface area (Å²) in [7, 11) is 0. The molecule has 0 heteroatoms. The van der Waals surface area contributed by atoms with Crippen molar-refractivity contribution in [3.63, 3.8) is 0 Å². The molecule has 2 atom stereocenters. The fraction of sp³-hybridized carbons (Fsp3) is 0.806. The van der Waals surface area contributed by atoms with Gasteiger partial charge in [-0.3, -0.25) is 0 Å². The zero-order valence-corrected chi connectivity index (χ0v) is 20.9. The van der Waals surface area contributed by atoms with E-state index in [1.165, 1.54) is 122 Å². The third kappa shape index (κ3) is 7.10. The van der Waals surface area contributed by atoms with Crippen molar-refractivity contribution in [1.82, 2.24) is 0 Å². The van der Waals surface area contributed by atoms with Crippen molar-refractivity contribution in [2.45, 2.75) is 129 Å². The molecule has 0 aliphatic heterocycles. The summed E-state index contributed by atoms with van der Waals surface area (Å²) in [4.78, 5) is 0. The first-order valence-electron chi connectivity index (χ1n) is 14.2. The molecule has 3 saturated carbocycles. The van der Waals surface area contributed by atoms with Crippen LogP contribution in [0.25, 0.3) is 0 Å². The van der Waals surface area contributed by atoms with Gasteiger partial charge in [-0.15, -0.1) is 6.58 Å². The lowest BCUT2D eigenvalue weighted by Gasteiger charge is -2.45. The fourth-order valence-electron chi connectivity index (χ4n) is 7.20. The van der Waals surface area contributed by atoms with Gasteiger partial charge in [-0.25, -0.2) is 0 Å². The van der Waals surface area contributed by atoms with Crippen molar-refractivity contribution < 1.29 is 0 Å². The molecule has 0 radical (unpaired) electrons. The number of allylic oxidation sites excluding steroid dienone is 4. The van der Waals surface area contributed by atoms with Gasteiger partial charge < -0.3 is 0 Å². The Morgan fingerprint density at radius 2 is 1.65 bits per heavy atom. The van der Waals surface area contributed by atoms with Crippen LogP contribution in [0.3, 0.4) is 0 Å². The van der Waals surface area contributed by atoms with E-state index in [1.807, 2.05) is 0 Å². The van der Waals surface area contributed by atoms with Crippen LogP contribution < -0.4 is 0 Å². The van der Waals surface area contributed by atoms with E-state index in [0.717, 1.165) is 23.7 Å². The molecule has 2 unspecified atom stereocenters. The highest BCUT2D eigenvalue weighted by atomic mass is 14.4. The van der Waals surface area contributed by atoms with Crippen LogP contribution >= 0.6 is 0 Å². The molecule has 3 fully saturated rings. The molecule has 0 N–H and O–H groups in total. The Morgan fingerprint density at radius 3 is 2.35 bits per heavy atom. The SMILES string of the molecule is C=CC1CCC(CC/C=C/C2CCCCC2C(=C)C2(CCCCC)CCCCC2)CC1. The zero-order valence-electron chi connectivity index (χ0n) is 20.9. The van der Waals surface area contributed by atoms with E-state index in [1.54, 1.807) is 5.57 Å². The minimum Gasteiger partial charge on any atom is -0.103 e. The Bertz CT molecular complexity index is 553. The highest BCUT2D eigenvalue weighted by molar-refractivity contribution is 5.19. The van der Waals surface area contributed by atoms with Crippen LogP contribution in [0.4, 0.5) is 0 Å². The fourth-order valence-corrected chi connectivity index (χ4v) is 7.20. The number of unbranched alkanes of at least 4 members (excludes halogenated alkanes) is 2. The molecule has 0 aromatic rings. The van der Waals surface area contributed by atoms with Crippen LogP contribution in [0.2, 0.25) is 0 Å². The van der Waals surface area contributed by atoms with E-state index in [9.17, 15) is 0 Å². The molecule has 31 heavy (non-hydrogen) atoms. The Hall–Kier alpha value is -0.780. The van der Waals surface area contributed by atoms with Gasteiger partial charge in [0.2, 0.25) is 0 Å². The predicted molar refractivity (Wildman–Crippen MR) is 138 cm³/mol. The number of hydrogen-bond acceptors (Lipinski definition) is 0. The maximum atomic E-state index is 4.88. The summed E-state index contributed by atoms with van der Waals surface area (Å²) in [6.45, 7) is 11.2. The van der Waals surface area contributed by atoms with Gasteiger partial charge in [0, 0.05) is 0 Å². The third-order valence-corrected chi connectivity index (χ3v) is 9.37. The lowest BCUT2D eigenvalue weighted by molar-refractivity contribution is 0.172. The highest BCUT2D eigenvalue weighted by Gasteiger charge is 2.39. The molecule has 0 heterocycles. The van der Waals surface area contributed by atoms with Gasteiger partial charge in [-0.1, -0.05) is 88.7 Å². The topological polar surface area (TPSA) is 0 Å². The van der Waals surface area contributed by atoms with E-state index in [-0.39, 0.29) is 0 Å². The van der Waals surface area contributed by atoms with Gasteiger partial charge in [-0.05, 0) is 99.7 Å². The summed E-state index contributed by atoms with van der Waals surface area (Å²) < 4.78 is 0. The van der Waals surface area contributed by atoms with Crippen molar-refractivity contribution in [1.29, 1.82) is 0 Å². The van der Waals surface area contributed by atoms with Crippen molar-refractivity contribution in [3.8, 4) is 0 Å². The Labute approximate surface area is 195 Å². The van der Waals surface area contributed by atoms with E-state index in [2.05, 4.69) is 31.7 Å². The standard InChI is InChI=1S/C31H52/c1-4-6-12-23-31(24-13-7-14-25-31)26(3)30-18-11-10-17-29(30)16-9-8-15-28-21-19-27(5-2)20-22-28/h5,9,16,27-30H,2-4,6-8,10-15,17-25H2,1H3/b16-9+. The van der Waals surface area contributed by atoms with Gasteiger partial charge in [0.25, 0.3) is 0 Å². The second kappa shape index (κ2) is 13.1. The molecular weight excluding hydrogens is 372 g/mol. The highest BCUT2D eigenvalue weighted by Crippen LogP contribution is 2.52. The molecule has 176 valence electrons. The Kier molecular flexibility index (Phi) is 10.5. The molecule has 0 saturated heterocycles. The Morgan fingerprint density at radius 1 is 0.903 bits per heavy atom. The van der Waals surface area contributed by atoms with Gasteiger partial charge in [-0.2, -0.15) is 0 Å². The van der Waals surface area contributed by atoms with Gasteiger partial charge in [0.05, 0.1) is 0 Å². The summed E-state index contributed by atoms with van der Waals surface area (Å²) in [5, 5.41) is 0. The predicted octanol–water partition coefficient (Wildman–Crippen LogP) is 10.2. The van der Waals surface area contributed by atoms with E-state index in [4.69, 9.17) is 6.58 Å². The van der Waals surface area contributed by atoms with Crippen molar-refractivity contribution in [2.24, 2.45) is 29.1 Å². The average molecular weight is 425 g/mol. The first-order chi connectivity index (χ1) is 15.2. The van der Waals surface area contributed by atoms with Crippen LogP contribution in [0, 0.1) is 29.1 Å². The maximum absolute atomic E-state index is 4.88. The summed E-state index contributed by atoms with van der Waals surface area (Å²) >= 11 is 0. The minimum absolute atomic E-state index is 0.477. The molecule has 3 aliphatic carbocycles. The van der Waals surface area contributed by atoms with Gasteiger partial charge in [0.15, 0.2) is 0 Å². The molecule has 3 rings (SSSR count). The molecular formula is C31H52. The van der Waals surface area contributed by atoms with Crippen molar-refractivity contribution in [2.75, 3.05) is 0 Å². The van der Waals surface area contributed by atoms with Crippen molar-refractivity contribution in [3.05, 3.63) is 37.0 Å². The first kappa shape index (κ1) is 24.9. The molecule has 0 nitrogen and oxygen atoms in total. The van der Waals surface area contributed by atoms with Crippen molar-refractivity contribution >= 4 is 0 Å². The summed E-state index contributed by atoms with van der Waals surface area (Å²) in [6.07, 6.45) is 34.1. The third-order valence-electron chi connectivity index (χ3n) is 9.37. The first-order valence-corrected chi connectivity index (χ1v) is 14.2. The molecule has 0 aromatic heterocycles. The molecule has 0 spiro atoms. The number of rotatable bonds is 11. The second-order valence-corrected chi connectivity index (χ2v) is 11.4. The van der Waals surface area contributed by atoms with Crippen LogP contribution in [0.15, 0.2) is 37.0 Å². The normalized spacial score (nSPS) is 31.5. The quantitative estimate of drug-likeness (QED) is 0.228. The molecule has 0 amide bonds. The smallest absolute Gasteiger partial charge is 0.00878 e. The van der Waals surface area contributed by atoms with E-state index in [0.29, 0.717) is 5.41 Å². The minimum atomic E-state index is 0.477. The lowest BCUT2D eigenvalue weighted by atomic mass is 9.60. The Balaban J connectivity index is 1.55. The molecule has 3 aliphatic rings. The summed E-state index contributed by atoms with van der Waals surface area (Å²) in [5.41, 5.74) is 2.16. The van der Waals surface area contributed by atoms with Gasteiger partial charge >= 0.3 is 0 Å². The summed E-state index contributed by atoms with van der Waals surface area (Å²) in [6, 6.07) is 0. The maximum Gasteiger partial charge on any atom is -0.00878 e. The summed E-state index contributed by atoms with van der Waals surface area (Å²) in [5.74, 6) is 3.28. The van der Waals surface area contributed by atoms with Gasteiger partial charge in [0.1, 0.15) is 0 Å². The second-order valence-electron chi connectivity index (χ2n) is 11.4. The van der Waals surface area contributed by atoms with Crippen LogP contribution in [-0.4, -0.2) is 0 Å². The van der Waals surface area contributed by atoms with Crippen LogP contribution in [0.1, 0.15) is 129 Å². The monoisotopic (exact) mass is 424 g/mol. The largest absolute Gasteiger partial charge is 0.103 e. The van der Waals surface area contributed by atoms with E-state index >= 15 is 0 Å². The molecule has 0 aromatic carbocycles. The number of hydrogen-bond donors (Lipinski definition) is 0. The van der Waals surface area contributed by atoms with Crippen LogP contribution in [0.5, 0.6) is 0 Å². The average Bonchev–Trinajstić information content (AvgIpc) is 2.83. The van der Waals surface area contributed by atoms with Crippen LogP contribution in [-0.2, 0) is 0 Å². The molecule has 0 bridgehead atoms.